The van der Waals surface area contributed by atoms with Gasteiger partial charge in [-0.25, -0.2) is 4.79 Å². The molecule has 1 aromatic rings. The van der Waals surface area contributed by atoms with Crippen molar-refractivity contribution in [3.05, 3.63) is 29.8 Å². The molecule has 0 aliphatic heterocycles. The van der Waals surface area contributed by atoms with Crippen molar-refractivity contribution in [3.63, 3.8) is 0 Å². The van der Waals surface area contributed by atoms with Crippen molar-refractivity contribution < 1.29 is 4.79 Å². The Hall–Kier alpha value is -1.51. The minimum Gasteiger partial charge on any atom is -0.332 e. The molecule has 0 atom stereocenters. The second kappa shape index (κ2) is 5.50. The van der Waals surface area contributed by atoms with E-state index < -0.39 is 0 Å². The molecule has 3 nitrogen and oxygen atoms in total. The molecule has 2 N–H and O–H groups in total. The van der Waals surface area contributed by atoms with Gasteiger partial charge in [0.15, 0.2) is 0 Å². The second-order valence-corrected chi connectivity index (χ2v) is 9.57. The molecule has 0 saturated heterocycles. The van der Waals surface area contributed by atoms with Crippen molar-refractivity contribution >= 4 is 11.7 Å². The van der Waals surface area contributed by atoms with Crippen LogP contribution in [-0.4, -0.2) is 11.6 Å². The van der Waals surface area contributed by atoms with Gasteiger partial charge in [0.05, 0.1) is 0 Å². The molecule has 0 spiro atoms. The summed E-state index contributed by atoms with van der Waals surface area (Å²) in [6.45, 7) is 6.56. The topological polar surface area (TPSA) is 41.1 Å². The van der Waals surface area contributed by atoms with E-state index in [-0.39, 0.29) is 17.0 Å². The number of carbonyl (C=O) groups is 1. The van der Waals surface area contributed by atoms with Gasteiger partial charge in [-0.1, -0.05) is 39.0 Å². The zero-order chi connectivity index (χ0) is 16.9. The normalized spacial score (nSPS) is 34.2. The third-order valence-electron chi connectivity index (χ3n) is 6.40. The first kappa shape index (κ1) is 16.0. The number of hydrogen-bond donors (Lipinski definition) is 2. The molecule has 0 radical (unpaired) electrons. The molecule has 3 heteroatoms. The lowest BCUT2D eigenvalue weighted by molar-refractivity contribution is -0.0127. The third-order valence-corrected chi connectivity index (χ3v) is 6.40. The highest BCUT2D eigenvalue weighted by Gasteiger charge is 2.51. The maximum absolute atomic E-state index is 12.8. The van der Waals surface area contributed by atoms with E-state index in [9.17, 15) is 4.79 Å². The second-order valence-electron chi connectivity index (χ2n) is 9.57. The lowest BCUT2D eigenvalue weighted by Gasteiger charge is -2.56. The van der Waals surface area contributed by atoms with E-state index in [0.717, 1.165) is 23.4 Å². The smallest absolute Gasteiger partial charge is 0.319 e. The van der Waals surface area contributed by atoms with Gasteiger partial charge in [-0.3, -0.25) is 0 Å². The molecule has 4 fully saturated rings. The first-order valence-electron chi connectivity index (χ1n) is 9.52. The molecular weight excluding hydrogens is 296 g/mol. The Morgan fingerprint density at radius 3 is 2.08 bits per heavy atom. The molecule has 4 aliphatic rings. The van der Waals surface area contributed by atoms with E-state index in [1.54, 1.807) is 0 Å². The van der Waals surface area contributed by atoms with Crippen molar-refractivity contribution in [1.82, 2.24) is 5.32 Å². The summed E-state index contributed by atoms with van der Waals surface area (Å²) in [5, 5.41) is 6.54. The summed E-state index contributed by atoms with van der Waals surface area (Å²) in [5.74, 6) is 2.54. The van der Waals surface area contributed by atoms with Crippen LogP contribution in [0.15, 0.2) is 24.3 Å². The number of benzene rings is 1. The molecule has 0 heterocycles. The van der Waals surface area contributed by atoms with Gasteiger partial charge in [-0.05, 0) is 73.3 Å². The summed E-state index contributed by atoms with van der Waals surface area (Å²) in [6.07, 6.45) is 7.76. The summed E-state index contributed by atoms with van der Waals surface area (Å²) in [6, 6.07) is 8.15. The molecule has 2 amide bonds. The monoisotopic (exact) mass is 326 g/mol. The largest absolute Gasteiger partial charge is 0.332 e. The Morgan fingerprint density at radius 1 is 1.00 bits per heavy atom. The van der Waals surface area contributed by atoms with Crippen LogP contribution in [0.3, 0.4) is 0 Å². The van der Waals surface area contributed by atoms with E-state index in [4.69, 9.17) is 0 Å². The zero-order valence-electron chi connectivity index (χ0n) is 15.2. The minimum atomic E-state index is -0.0198. The molecule has 0 aromatic heterocycles. The highest BCUT2D eigenvalue weighted by atomic mass is 16.2. The number of hydrogen-bond acceptors (Lipinski definition) is 1. The quantitative estimate of drug-likeness (QED) is 0.782. The molecule has 24 heavy (non-hydrogen) atoms. The van der Waals surface area contributed by atoms with Gasteiger partial charge in [0.2, 0.25) is 0 Å². The molecule has 4 bridgehead atoms. The van der Waals surface area contributed by atoms with Gasteiger partial charge in [-0.15, -0.1) is 0 Å². The van der Waals surface area contributed by atoms with Gasteiger partial charge in [0.25, 0.3) is 0 Å². The van der Waals surface area contributed by atoms with Crippen LogP contribution in [0, 0.1) is 17.8 Å². The standard InChI is InChI=1S/C21H30N2O/c1-20(2,3)17-6-4-5-7-18(17)22-19(24)23-21-11-14-8-15(12-21)10-16(9-14)13-21/h4-7,14-16H,8-13H2,1-3H3,(H2,22,23,24). The number of anilines is 1. The SMILES string of the molecule is CC(C)(C)c1ccccc1NC(=O)NC12CC3CC(CC(C3)C1)C2. The minimum absolute atomic E-state index is 0.0184. The number of urea groups is 1. The van der Waals surface area contributed by atoms with Crippen LogP contribution < -0.4 is 10.6 Å². The van der Waals surface area contributed by atoms with Gasteiger partial charge < -0.3 is 10.6 Å². The Labute approximate surface area is 145 Å². The predicted octanol–water partition coefficient (Wildman–Crippen LogP) is 5.07. The molecule has 4 saturated carbocycles. The third kappa shape index (κ3) is 2.94. The van der Waals surface area contributed by atoms with Crippen molar-refractivity contribution in [1.29, 1.82) is 0 Å². The molecule has 130 valence electrons. The summed E-state index contributed by atoms with van der Waals surface area (Å²) in [7, 11) is 0. The van der Waals surface area contributed by atoms with E-state index in [1.807, 2.05) is 18.2 Å². The average Bonchev–Trinajstić information content (AvgIpc) is 2.44. The first-order valence-corrected chi connectivity index (χ1v) is 9.52. The molecule has 4 aliphatic carbocycles. The van der Waals surface area contributed by atoms with E-state index >= 15 is 0 Å². The zero-order valence-corrected chi connectivity index (χ0v) is 15.2. The number of amides is 2. The Kier molecular flexibility index (Phi) is 3.67. The van der Waals surface area contributed by atoms with Crippen LogP contribution in [0.5, 0.6) is 0 Å². The van der Waals surface area contributed by atoms with Crippen molar-refractivity contribution in [2.45, 2.75) is 70.3 Å². The van der Waals surface area contributed by atoms with Gasteiger partial charge in [0, 0.05) is 11.2 Å². The Balaban J connectivity index is 1.48. The van der Waals surface area contributed by atoms with Crippen molar-refractivity contribution in [2.24, 2.45) is 17.8 Å². The number of carbonyl (C=O) groups excluding carboxylic acids is 1. The van der Waals surface area contributed by atoms with Crippen molar-refractivity contribution in [3.8, 4) is 0 Å². The molecule has 5 rings (SSSR count). The number of para-hydroxylation sites is 1. The summed E-state index contributed by atoms with van der Waals surface area (Å²) >= 11 is 0. The average molecular weight is 326 g/mol. The predicted molar refractivity (Wildman–Crippen MR) is 98.2 cm³/mol. The Bertz CT molecular complexity index is 608. The van der Waals surface area contributed by atoms with Gasteiger partial charge in [0.1, 0.15) is 0 Å². The summed E-state index contributed by atoms with van der Waals surface area (Å²) < 4.78 is 0. The fourth-order valence-corrected chi connectivity index (χ4v) is 5.90. The van der Waals surface area contributed by atoms with E-state index in [2.05, 4.69) is 37.5 Å². The number of rotatable bonds is 2. The Morgan fingerprint density at radius 2 is 1.54 bits per heavy atom. The van der Waals surface area contributed by atoms with Crippen LogP contribution in [0.4, 0.5) is 10.5 Å². The highest BCUT2D eigenvalue weighted by Crippen LogP contribution is 2.55. The fourth-order valence-electron chi connectivity index (χ4n) is 5.90. The summed E-state index contributed by atoms with van der Waals surface area (Å²) in [5.41, 5.74) is 2.21. The molecular formula is C21H30N2O. The maximum atomic E-state index is 12.8. The lowest BCUT2D eigenvalue weighted by Crippen LogP contribution is -2.60. The lowest BCUT2D eigenvalue weighted by atomic mass is 9.53. The highest BCUT2D eigenvalue weighted by molar-refractivity contribution is 5.90. The fraction of sp³-hybridized carbons (Fsp3) is 0.667. The van der Waals surface area contributed by atoms with E-state index in [0.29, 0.717) is 0 Å². The van der Waals surface area contributed by atoms with Gasteiger partial charge in [-0.2, -0.15) is 0 Å². The van der Waals surface area contributed by atoms with Gasteiger partial charge >= 0.3 is 6.03 Å². The van der Waals surface area contributed by atoms with Crippen LogP contribution in [0.2, 0.25) is 0 Å². The number of nitrogens with one attached hydrogen (secondary N) is 2. The molecule has 0 unspecified atom stereocenters. The van der Waals surface area contributed by atoms with Crippen LogP contribution in [-0.2, 0) is 5.41 Å². The van der Waals surface area contributed by atoms with Crippen molar-refractivity contribution in [2.75, 3.05) is 5.32 Å². The van der Waals surface area contributed by atoms with Crippen LogP contribution in [0.1, 0.15) is 64.9 Å². The van der Waals surface area contributed by atoms with E-state index in [1.165, 1.54) is 44.1 Å². The van der Waals surface area contributed by atoms with Crippen LogP contribution in [0.25, 0.3) is 0 Å². The first-order chi connectivity index (χ1) is 11.3. The summed E-state index contributed by atoms with van der Waals surface area (Å²) in [4.78, 5) is 12.8. The molecule has 1 aromatic carbocycles. The van der Waals surface area contributed by atoms with Crippen LogP contribution >= 0.6 is 0 Å². The maximum Gasteiger partial charge on any atom is 0.319 e.